The van der Waals surface area contributed by atoms with E-state index in [2.05, 4.69) is 20.5 Å². The molecule has 3 rings (SSSR count). The fourth-order valence-corrected chi connectivity index (χ4v) is 2.53. The Bertz CT molecular complexity index is 852. The van der Waals surface area contributed by atoms with Crippen LogP contribution < -0.4 is 5.43 Å². The number of imidazole rings is 1. The second-order valence-corrected chi connectivity index (χ2v) is 5.47. The lowest BCUT2D eigenvalue weighted by molar-refractivity contribution is -0.384. The molecule has 0 radical (unpaired) electrons. The molecule has 8 nitrogen and oxygen atoms in total. The lowest BCUT2D eigenvalue weighted by atomic mass is 10.1. The van der Waals surface area contributed by atoms with Crippen molar-refractivity contribution in [3.63, 3.8) is 0 Å². The van der Waals surface area contributed by atoms with Crippen molar-refractivity contribution >= 4 is 28.4 Å². The van der Waals surface area contributed by atoms with Gasteiger partial charge in [0.2, 0.25) is 5.13 Å². The zero-order chi connectivity index (χ0) is 16.2. The van der Waals surface area contributed by atoms with Crippen molar-refractivity contribution in [1.82, 2.24) is 14.5 Å². The van der Waals surface area contributed by atoms with Gasteiger partial charge in [-0.25, -0.2) is 9.97 Å². The maximum Gasteiger partial charge on any atom is 0.269 e. The summed E-state index contributed by atoms with van der Waals surface area (Å²) in [6.45, 7) is 0. The predicted molar refractivity (Wildman–Crippen MR) is 88.6 cm³/mol. The van der Waals surface area contributed by atoms with E-state index >= 15 is 0 Å². The van der Waals surface area contributed by atoms with Gasteiger partial charge in [-0.2, -0.15) is 5.10 Å². The Hall–Kier alpha value is -3.07. The van der Waals surface area contributed by atoms with Crippen LogP contribution in [0.4, 0.5) is 10.8 Å². The molecule has 0 bridgehead atoms. The van der Waals surface area contributed by atoms with Gasteiger partial charge in [0.05, 0.1) is 16.8 Å². The average Bonchev–Trinajstić information content (AvgIpc) is 3.17. The molecule has 0 unspecified atom stereocenters. The highest BCUT2D eigenvalue weighted by Gasteiger charge is 2.08. The predicted octanol–water partition coefficient (Wildman–Crippen LogP) is 2.90. The minimum atomic E-state index is -0.426. The van der Waals surface area contributed by atoms with E-state index in [1.165, 1.54) is 23.5 Å². The summed E-state index contributed by atoms with van der Waals surface area (Å²) in [4.78, 5) is 18.7. The third kappa shape index (κ3) is 3.40. The van der Waals surface area contributed by atoms with Crippen molar-refractivity contribution in [2.75, 3.05) is 5.43 Å². The summed E-state index contributed by atoms with van der Waals surface area (Å²) in [5.74, 6) is 0.727. The number of nitro groups is 1. The summed E-state index contributed by atoms with van der Waals surface area (Å²) in [5, 5.41) is 17.2. The molecule has 0 aliphatic rings. The summed E-state index contributed by atoms with van der Waals surface area (Å²) < 4.78 is 1.84. The highest BCUT2D eigenvalue weighted by atomic mass is 32.1. The van der Waals surface area contributed by atoms with Crippen LogP contribution in [0.3, 0.4) is 0 Å². The minimum Gasteiger partial charge on any atom is -0.333 e. The van der Waals surface area contributed by atoms with Crippen molar-refractivity contribution in [3.8, 4) is 11.3 Å². The van der Waals surface area contributed by atoms with Gasteiger partial charge in [-0.1, -0.05) is 0 Å². The molecule has 2 aromatic heterocycles. The number of hydrogen-bond donors (Lipinski definition) is 1. The fraction of sp³-hybridized carbons (Fsp3) is 0.0714. The quantitative estimate of drug-likeness (QED) is 0.441. The summed E-state index contributed by atoms with van der Waals surface area (Å²) in [5.41, 5.74) is 4.45. The van der Waals surface area contributed by atoms with Crippen LogP contribution >= 0.6 is 11.3 Å². The molecule has 23 heavy (non-hydrogen) atoms. The molecule has 0 spiro atoms. The number of nitro benzene ring substituents is 1. The summed E-state index contributed by atoms with van der Waals surface area (Å²) in [7, 11) is 1.88. The summed E-state index contributed by atoms with van der Waals surface area (Å²) in [6, 6.07) is 6.27. The van der Waals surface area contributed by atoms with E-state index in [-0.39, 0.29) is 5.69 Å². The second kappa shape index (κ2) is 6.36. The van der Waals surface area contributed by atoms with Crippen molar-refractivity contribution in [2.45, 2.75) is 0 Å². The second-order valence-electron chi connectivity index (χ2n) is 4.61. The first-order chi connectivity index (χ1) is 11.1. The molecule has 3 aromatic rings. The maximum atomic E-state index is 10.7. The highest BCUT2D eigenvalue weighted by Crippen LogP contribution is 2.26. The van der Waals surface area contributed by atoms with Crippen LogP contribution in [0.15, 0.2) is 47.1 Å². The molecule has 9 heteroatoms. The Kier molecular flexibility index (Phi) is 4.11. The Balaban J connectivity index is 1.69. The Labute approximate surface area is 135 Å². The number of nitrogens with one attached hydrogen (secondary N) is 1. The lowest BCUT2D eigenvalue weighted by Gasteiger charge is -1.97. The van der Waals surface area contributed by atoms with Crippen LogP contribution in [0.2, 0.25) is 0 Å². The molecule has 0 aliphatic carbocycles. The van der Waals surface area contributed by atoms with Crippen LogP contribution in [0.25, 0.3) is 11.3 Å². The SMILES string of the molecule is Cn1ccnc1C=NNc1nc(-c2ccc([N+](=O)[O-])cc2)cs1. The average molecular weight is 328 g/mol. The molecule has 0 aliphatic heterocycles. The number of hydrazone groups is 1. The van der Waals surface area contributed by atoms with Gasteiger partial charge in [-0.15, -0.1) is 11.3 Å². The van der Waals surface area contributed by atoms with Gasteiger partial charge < -0.3 is 4.57 Å². The van der Waals surface area contributed by atoms with Gasteiger partial charge in [0.25, 0.3) is 5.69 Å². The van der Waals surface area contributed by atoms with Gasteiger partial charge in [0.15, 0.2) is 5.82 Å². The minimum absolute atomic E-state index is 0.0574. The van der Waals surface area contributed by atoms with Gasteiger partial charge in [0.1, 0.15) is 0 Å². The third-order valence-corrected chi connectivity index (χ3v) is 3.82. The van der Waals surface area contributed by atoms with E-state index in [1.807, 2.05) is 23.2 Å². The van der Waals surface area contributed by atoms with Gasteiger partial charge >= 0.3 is 0 Å². The van der Waals surface area contributed by atoms with Crippen molar-refractivity contribution in [3.05, 3.63) is 58.0 Å². The van der Waals surface area contributed by atoms with E-state index < -0.39 is 4.92 Å². The first kappa shape index (κ1) is 14.9. The largest absolute Gasteiger partial charge is 0.333 e. The number of rotatable bonds is 5. The highest BCUT2D eigenvalue weighted by molar-refractivity contribution is 7.14. The third-order valence-electron chi connectivity index (χ3n) is 3.08. The fourth-order valence-electron chi connectivity index (χ4n) is 1.86. The van der Waals surface area contributed by atoms with Crippen LogP contribution in [-0.4, -0.2) is 25.7 Å². The molecule has 0 fully saturated rings. The number of aryl methyl sites for hydroxylation is 1. The summed E-state index contributed by atoms with van der Waals surface area (Å²) in [6.07, 6.45) is 5.13. The van der Waals surface area contributed by atoms with E-state index in [4.69, 9.17) is 0 Å². The topological polar surface area (TPSA) is 98.2 Å². The normalized spacial score (nSPS) is 11.0. The molecular weight excluding hydrogens is 316 g/mol. The molecule has 116 valence electrons. The first-order valence-corrected chi connectivity index (χ1v) is 7.48. The smallest absolute Gasteiger partial charge is 0.269 e. The van der Waals surface area contributed by atoms with Crippen molar-refractivity contribution < 1.29 is 4.92 Å². The van der Waals surface area contributed by atoms with Crippen LogP contribution in [-0.2, 0) is 7.05 Å². The number of hydrogen-bond acceptors (Lipinski definition) is 7. The van der Waals surface area contributed by atoms with E-state index in [9.17, 15) is 10.1 Å². The molecule has 0 saturated heterocycles. The van der Waals surface area contributed by atoms with E-state index in [0.29, 0.717) is 5.13 Å². The molecule has 0 atom stereocenters. The number of non-ortho nitro benzene ring substituents is 1. The standard InChI is InChI=1S/C14H12N6O2S/c1-19-7-6-15-13(19)8-16-18-14-17-12(9-23-14)10-2-4-11(5-3-10)20(21)22/h2-9H,1H3,(H,17,18). The molecule has 1 N–H and O–H groups in total. The van der Waals surface area contributed by atoms with Crippen LogP contribution in [0, 0.1) is 10.1 Å². The maximum absolute atomic E-state index is 10.7. The zero-order valence-electron chi connectivity index (χ0n) is 12.1. The number of benzene rings is 1. The Morgan fingerprint density at radius 3 is 2.83 bits per heavy atom. The molecule has 0 amide bonds. The number of aromatic nitrogens is 3. The van der Waals surface area contributed by atoms with E-state index in [1.54, 1.807) is 24.5 Å². The molecular formula is C14H12N6O2S. The Morgan fingerprint density at radius 2 is 2.17 bits per heavy atom. The first-order valence-electron chi connectivity index (χ1n) is 6.60. The van der Waals surface area contributed by atoms with Gasteiger partial charge in [-0.3, -0.25) is 15.5 Å². The molecule has 0 saturated carbocycles. The summed E-state index contributed by atoms with van der Waals surface area (Å²) >= 11 is 1.40. The van der Waals surface area contributed by atoms with Crippen molar-refractivity contribution in [1.29, 1.82) is 0 Å². The zero-order valence-corrected chi connectivity index (χ0v) is 12.9. The van der Waals surface area contributed by atoms with Gasteiger partial charge in [0, 0.05) is 42.5 Å². The van der Waals surface area contributed by atoms with Crippen LogP contribution in [0.5, 0.6) is 0 Å². The Morgan fingerprint density at radius 1 is 1.39 bits per heavy atom. The molecule has 1 aromatic carbocycles. The van der Waals surface area contributed by atoms with Crippen molar-refractivity contribution in [2.24, 2.45) is 12.1 Å². The number of anilines is 1. The van der Waals surface area contributed by atoms with Crippen LogP contribution in [0.1, 0.15) is 5.82 Å². The van der Waals surface area contributed by atoms with Gasteiger partial charge in [-0.05, 0) is 12.1 Å². The monoisotopic (exact) mass is 328 g/mol. The van der Waals surface area contributed by atoms with E-state index in [0.717, 1.165) is 17.1 Å². The number of thiazole rings is 1. The number of nitrogens with zero attached hydrogens (tertiary/aromatic N) is 5. The lowest BCUT2D eigenvalue weighted by Crippen LogP contribution is -1.97. The molecule has 2 heterocycles.